The number of ether oxygens (including phenoxy) is 1. The molecule has 0 aliphatic heterocycles. The average molecular weight is 277 g/mol. The van der Waals surface area contributed by atoms with Gasteiger partial charge in [-0.2, -0.15) is 13.2 Å². The van der Waals surface area contributed by atoms with Gasteiger partial charge in [0.05, 0.1) is 11.7 Å². The molecule has 2 rings (SSSR count). The Morgan fingerprint density at radius 3 is 2.32 bits per heavy atom. The lowest BCUT2D eigenvalue weighted by atomic mass is 9.94. The number of rotatable bonds is 2. The Labute approximate surface area is 108 Å². The molecule has 0 spiro atoms. The Bertz CT molecular complexity index is 439. The molecule has 1 aliphatic rings. The van der Waals surface area contributed by atoms with Crippen molar-refractivity contribution in [1.82, 2.24) is 0 Å². The van der Waals surface area contributed by atoms with Gasteiger partial charge in [0, 0.05) is 6.04 Å². The molecule has 106 valence electrons. The fourth-order valence-corrected chi connectivity index (χ4v) is 2.19. The van der Waals surface area contributed by atoms with E-state index in [0.29, 0.717) is 18.9 Å². The second-order valence-corrected chi connectivity index (χ2v) is 4.79. The van der Waals surface area contributed by atoms with E-state index in [1.165, 1.54) is 6.07 Å². The summed E-state index contributed by atoms with van der Waals surface area (Å²) in [5.74, 6) is -1.24. The number of benzene rings is 1. The van der Waals surface area contributed by atoms with Crippen molar-refractivity contribution in [2.75, 3.05) is 0 Å². The molecule has 1 aromatic rings. The highest BCUT2D eigenvalue weighted by Gasteiger charge is 2.34. The second-order valence-electron chi connectivity index (χ2n) is 4.79. The third-order valence-corrected chi connectivity index (χ3v) is 3.26. The molecule has 2 N–H and O–H groups in total. The van der Waals surface area contributed by atoms with E-state index in [0.717, 1.165) is 18.9 Å². The molecule has 19 heavy (non-hydrogen) atoms. The van der Waals surface area contributed by atoms with E-state index >= 15 is 0 Å². The van der Waals surface area contributed by atoms with Crippen LogP contribution in [0.2, 0.25) is 0 Å². The Kier molecular flexibility index (Phi) is 3.99. The zero-order valence-corrected chi connectivity index (χ0v) is 10.2. The molecule has 1 saturated carbocycles. The molecule has 0 unspecified atom stereocenters. The normalized spacial score (nSPS) is 24.3. The summed E-state index contributed by atoms with van der Waals surface area (Å²) in [5, 5.41) is 0. The van der Waals surface area contributed by atoms with E-state index < -0.39 is 17.6 Å². The van der Waals surface area contributed by atoms with Gasteiger partial charge in [-0.1, -0.05) is 0 Å². The second kappa shape index (κ2) is 5.36. The first-order valence-corrected chi connectivity index (χ1v) is 6.15. The number of alkyl halides is 3. The summed E-state index contributed by atoms with van der Waals surface area (Å²) in [4.78, 5) is 0. The summed E-state index contributed by atoms with van der Waals surface area (Å²) in [6, 6.07) is 2.86. The molecule has 0 bridgehead atoms. The molecule has 2 nitrogen and oxygen atoms in total. The average Bonchev–Trinajstić information content (AvgIpc) is 2.33. The monoisotopic (exact) mass is 277 g/mol. The Hall–Kier alpha value is -1.30. The smallest absolute Gasteiger partial charge is 0.419 e. The van der Waals surface area contributed by atoms with Gasteiger partial charge in [-0.25, -0.2) is 4.39 Å². The van der Waals surface area contributed by atoms with E-state index in [-0.39, 0.29) is 17.9 Å². The van der Waals surface area contributed by atoms with E-state index in [1.807, 2.05) is 0 Å². The van der Waals surface area contributed by atoms with Gasteiger partial charge < -0.3 is 10.5 Å². The molecule has 6 heteroatoms. The van der Waals surface area contributed by atoms with Crippen LogP contribution in [0.3, 0.4) is 0 Å². The summed E-state index contributed by atoms with van der Waals surface area (Å²) < 4.78 is 56.2. The van der Waals surface area contributed by atoms with Crippen molar-refractivity contribution in [3.63, 3.8) is 0 Å². The molecular formula is C13H15F4NO. The lowest BCUT2D eigenvalue weighted by Gasteiger charge is -2.27. The van der Waals surface area contributed by atoms with Gasteiger partial charge in [-0.3, -0.25) is 0 Å². The maximum absolute atomic E-state index is 13.1. The molecule has 1 aliphatic carbocycles. The fraction of sp³-hybridized carbons (Fsp3) is 0.538. The van der Waals surface area contributed by atoms with Crippen LogP contribution >= 0.6 is 0 Å². The van der Waals surface area contributed by atoms with E-state index in [4.69, 9.17) is 10.5 Å². The predicted octanol–water partition coefficient (Wildman–Crippen LogP) is 3.49. The SMILES string of the molecule is NC1CCC(Oc2ccc(F)c(C(F)(F)F)c2)CC1. The quantitative estimate of drug-likeness (QED) is 0.840. The van der Waals surface area contributed by atoms with Crippen molar-refractivity contribution in [3.05, 3.63) is 29.6 Å². The van der Waals surface area contributed by atoms with E-state index in [2.05, 4.69) is 0 Å². The lowest BCUT2D eigenvalue weighted by molar-refractivity contribution is -0.140. The van der Waals surface area contributed by atoms with Gasteiger partial charge in [0.2, 0.25) is 0 Å². The standard InChI is InChI=1S/C13H15F4NO/c14-12-6-5-10(7-11(12)13(15,16)17)19-9-3-1-8(18)2-4-9/h5-9H,1-4,18H2. The van der Waals surface area contributed by atoms with Crippen molar-refractivity contribution in [2.45, 2.75) is 44.0 Å². The topological polar surface area (TPSA) is 35.2 Å². The number of nitrogens with two attached hydrogens (primary N) is 1. The van der Waals surface area contributed by atoms with Crippen LogP contribution in [0.1, 0.15) is 31.2 Å². The van der Waals surface area contributed by atoms with Crippen molar-refractivity contribution in [2.24, 2.45) is 5.73 Å². The van der Waals surface area contributed by atoms with Crippen LogP contribution in [0.25, 0.3) is 0 Å². The van der Waals surface area contributed by atoms with E-state index in [1.54, 1.807) is 0 Å². The number of hydrogen-bond acceptors (Lipinski definition) is 2. The third-order valence-electron chi connectivity index (χ3n) is 3.26. The minimum Gasteiger partial charge on any atom is -0.490 e. The highest BCUT2D eigenvalue weighted by molar-refractivity contribution is 5.31. The first-order valence-electron chi connectivity index (χ1n) is 6.15. The molecule has 0 amide bonds. The first kappa shape index (κ1) is 14.1. The number of hydrogen-bond donors (Lipinski definition) is 1. The zero-order valence-electron chi connectivity index (χ0n) is 10.2. The summed E-state index contributed by atoms with van der Waals surface area (Å²) in [6.45, 7) is 0. The Balaban J connectivity index is 2.09. The van der Waals surface area contributed by atoms with Crippen LogP contribution in [-0.2, 0) is 6.18 Å². The van der Waals surface area contributed by atoms with Crippen molar-refractivity contribution < 1.29 is 22.3 Å². The maximum atomic E-state index is 13.1. The van der Waals surface area contributed by atoms with Gasteiger partial charge in [0.15, 0.2) is 0 Å². The molecule has 0 saturated heterocycles. The Morgan fingerprint density at radius 2 is 1.74 bits per heavy atom. The van der Waals surface area contributed by atoms with Crippen LogP contribution < -0.4 is 10.5 Å². The van der Waals surface area contributed by atoms with Gasteiger partial charge in [-0.15, -0.1) is 0 Å². The van der Waals surface area contributed by atoms with Crippen LogP contribution in [0.5, 0.6) is 5.75 Å². The largest absolute Gasteiger partial charge is 0.490 e. The summed E-state index contributed by atoms with van der Waals surface area (Å²) in [5.41, 5.74) is 4.44. The molecule has 0 atom stereocenters. The van der Waals surface area contributed by atoms with Crippen LogP contribution in [0.15, 0.2) is 18.2 Å². The van der Waals surface area contributed by atoms with E-state index in [9.17, 15) is 17.6 Å². The predicted molar refractivity (Wildman–Crippen MR) is 62.3 cm³/mol. The van der Waals surface area contributed by atoms with Gasteiger partial charge in [0.25, 0.3) is 0 Å². The van der Waals surface area contributed by atoms with Gasteiger partial charge >= 0.3 is 6.18 Å². The van der Waals surface area contributed by atoms with Crippen LogP contribution in [0.4, 0.5) is 17.6 Å². The zero-order chi connectivity index (χ0) is 14.0. The molecule has 0 radical (unpaired) electrons. The summed E-state index contributed by atoms with van der Waals surface area (Å²) in [7, 11) is 0. The lowest BCUT2D eigenvalue weighted by Crippen LogP contribution is -2.31. The van der Waals surface area contributed by atoms with Gasteiger partial charge in [0.1, 0.15) is 11.6 Å². The fourth-order valence-electron chi connectivity index (χ4n) is 2.19. The highest BCUT2D eigenvalue weighted by atomic mass is 19.4. The molecule has 1 aromatic carbocycles. The van der Waals surface area contributed by atoms with Crippen molar-refractivity contribution >= 4 is 0 Å². The minimum atomic E-state index is -4.71. The maximum Gasteiger partial charge on any atom is 0.419 e. The van der Waals surface area contributed by atoms with Crippen molar-refractivity contribution in [3.8, 4) is 5.75 Å². The Morgan fingerprint density at radius 1 is 1.11 bits per heavy atom. The molecule has 0 aromatic heterocycles. The van der Waals surface area contributed by atoms with Crippen LogP contribution in [-0.4, -0.2) is 12.1 Å². The molecular weight excluding hydrogens is 262 g/mol. The highest BCUT2D eigenvalue weighted by Crippen LogP contribution is 2.34. The first-order chi connectivity index (χ1) is 8.86. The minimum absolute atomic E-state index is 0.0502. The van der Waals surface area contributed by atoms with Crippen LogP contribution in [0, 0.1) is 5.82 Å². The third kappa shape index (κ3) is 3.59. The number of halogens is 4. The molecule has 0 heterocycles. The summed E-state index contributed by atoms with van der Waals surface area (Å²) >= 11 is 0. The van der Waals surface area contributed by atoms with Crippen molar-refractivity contribution in [1.29, 1.82) is 0 Å². The molecule has 1 fully saturated rings. The summed E-state index contributed by atoms with van der Waals surface area (Å²) in [6.07, 6.45) is -1.86. The van der Waals surface area contributed by atoms with Gasteiger partial charge in [-0.05, 0) is 43.9 Å².